The van der Waals surface area contributed by atoms with Crippen LogP contribution in [0.3, 0.4) is 0 Å². The van der Waals surface area contributed by atoms with Crippen molar-refractivity contribution in [2.24, 2.45) is 0 Å². The van der Waals surface area contributed by atoms with Gasteiger partial charge in [0.25, 0.3) is 0 Å². The summed E-state index contributed by atoms with van der Waals surface area (Å²) < 4.78 is 37.6. The molecule has 1 aliphatic rings. The Morgan fingerprint density at radius 3 is 2.85 bits per heavy atom. The Balaban J connectivity index is 1.85. The normalized spacial score (nSPS) is 19.1. The number of carbonyl (C=O) groups excluding carboxylic acids is 1. The number of hydrogen-bond acceptors (Lipinski definition) is 2. The third-order valence-electron chi connectivity index (χ3n) is 3.34. The second-order valence-electron chi connectivity index (χ2n) is 4.97. The molecule has 2 N–H and O–H groups in total. The van der Waals surface area contributed by atoms with Crippen molar-refractivity contribution in [3.63, 3.8) is 0 Å². The van der Waals surface area contributed by atoms with Crippen molar-refractivity contribution in [1.82, 2.24) is 10.6 Å². The van der Waals surface area contributed by atoms with E-state index in [0.29, 0.717) is 12.0 Å². The van der Waals surface area contributed by atoms with Gasteiger partial charge in [-0.25, -0.2) is 0 Å². The Hall–Kier alpha value is -1.56. The number of nitrogens with one attached hydrogen (secondary N) is 2. The molecule has 1 fully saturated rings. The van der Waals surface area contributed by atoms with Gasteiger partial charge in [0.2, 0.25) is 5.91 Å². The number of carbonyl (C=O) groups is 1. The fourth-order valence-electron chi connectivity index (χ4n) is 2.29. The lowest BCUT2D eigenvalue weighted by molar-refractivity contribution is -0.137. The van der Waals surface area contributed by atoms with E-state index in [1.807, 2.05) is 0 Å². The summed E-state index contributed by atoms with van der Waals surface area (Å²) in [6.45, 7) is 1.04. The maximum absolute atomic E-state index is 12.5. The van der Waals surface area contributed by atoms with Crippen LogP contribution < -0.4 is 10.6 Å². The predicted molar refractivity (Wildman–Crippen MR) is 68.9 cm³/mol. The number of amides is 1. The molecule has 1 amide bonds. The van der Waals surface area contributed by atoms with Crippen LogP contribution in [-0.2, 0) is 17.5 Å². The van der Waals surface area contributed by atoms with Gasteiger partial charge in [0.15, 0.2) is 0 Å². The molecule has 1 atom stereocenters. The average Bonchev–Trinajstić information content (AvgIpc) is 2.88. The van der Waals surface area contributed by atoms with E-state index in [9.17, 15) is 18.0 Å². The van der Waals surface area contributed by atoms with E-state index in [-0.39, 0.29) is 18.5 Å². The van der Waals surface area contributed by atoms with Crippen LogP contribution in [0, 0.1) is 0 Å². The molecule has 3 nitrogen and oxygen atoms in total. The van der Waals surface area contributed by atoms with E-state index in [2.05, 4.69) is 10.6 Å². The second kappa shape index (κ2) is 6.26. The fraction of sp³-hybridized carbons (Fsp3) is 0.500. The molecule has 0 aromatic heterocycles. The third kappa shape index (κ3) is 4.23. The van der Waals surface area contributed by atoms with Gasteiger partial charge in [0, 0.05) is 19.0 Å². The summed E-state index contributed by atoms with van der Waals surface area (Å²) in [7, 11) is 0. The van der Waals surface area contributed by atoms with Crippen LogP contribution in [0.4, 0.5) is 13.2 Å². The van der Waals surface area contributed by atoms with Crippen molar-refractivity contribution >= 4 is 5.91 Å². The Kier molecular flexibility index (Phi) is 4.65. The van der Waals surface area contributed by atoms with Crippen LogP contribution in [0.5, 0.6) is 0 Å². The molecular weight excluding hydrogens is 269 g/mol. The van der Waals surface area contributed by atoms with E-state index < -0.39 is 11.7 Å². The van der Waals surface area contributed by atoms with Crippen molar-refractivity contribution < 1.29 is 18.0 Å². The molecule has 0 radical (unpaired) electrons. The minimum atomic E-state index is -4.35. The number of benzene rings is 1. The molecular formula is C14H17F3N2O. The van der Waals surface area contributed by atoms with Gasteiger partial charge >= 0.3 is 6.18 Å². The van der Waals surface area contributed by atoms with Gasteiger partial charge in [0.1, 0.15) is 0 Å². The van der Waals surface area contributed by atoms with Crippen molar-refractivity contribution in [3.05, 3.63) is 35.4 Å². The molecule has 1 unspecified atom stereocenters. The molecule has 1 aliphatic heterocycles. The van der Waals surface area contributed by atoms with E-state index in [4.69, 9.17) is 0 Å². The number of alkyl halides is 3. The fourth-order valence-corrected chi connectivity index (χ4v) is 2.29. The van der Waals surface area contributed by atoms with E-state index >= 15 is 0 Å². The van der Waals surface area contributed by atoms with Gasteiger partial charge in [-0.05, 0) is 37.1 Å². The average molecular weight is 286 g/mol. The molecule has 1 aromatic carbocycles. The monoisotopic (exact) mass is 286 g/mol. The van der Waals surface area contributed by atoms with Crippen molar-refractivity contribution in [3.8, 4) is 0 Å². The molecule has 2 rings (SSSR count). The Bertz CT molecular complexity index is 468. The molecule has 0 bridgehead atoms. The van der Waals surface area contributed by atoms with Crippen LogP contribution in [0.2, 0.25) is 0 Å². The van der Waals surface area contributed by atoms with Crippen LogP contribution in [0.15, 0.2) is 24.3 Å². The van der Waals surface area contributed by atoms with Gasteiger partial charge in [-0.15, -0.1) is 0 Å². The lowest BCUT2D eigenvalue weighted by atomic mass is 10.1. The van der Waals surface area contributed by atoms with Crippen LogP contribution >= 0.6 is 0 Å². The summed E-state index contributed by atoms with van der Waals surface area (Å²) in [6, 6.07) is 5.20. The smallest absolute Gasteiger partial charge is 0.352 e. The first-order valence-corrected chi connectivity index (χ1v) is 6.61. The lowest BCUT2D eigenvalue weighted by Crippen LogP contribution is -2.31. The highest BCUT2D eigenvalue weighted by molar-refractivity contribution is 5.76. The molecule has 110 valence electrons. The minimum absolute atomic E-state index is 0.121. The first kappa shape index (κ1) is 14.8. The van der Waals surface area contributed by atoms with Gasteiger partial charge in [-0.2, -0.15) is 13.2 Å². The maximum Gasteiger partial charge on any atom is 0.416 e. The van der Waals surface area contributed by atoms with Gasteiger partial charge < -0.3 is 10.6 Å². The van der Waals surface area contributed by atoms with Crippen molar-refractivity contribution in [2.75, 3.05) is 6.54 Å². The number of rotatable bonds is 4. The summed E-state index contributed by atoms with van der Waals surface area (Å²) in [4.78, 5) is 11.7. The molecule has 0 spiro atoms. The van der Waals surface area contributed by atoms with Crippen LogP contribution in [0.1, 0.15) is 30.4 Å². The number of hydrogen-bond donors (Lipinski definition) is 2. The standard InChI is InChI=1S/C14H17F3N2O/c15-14(16,17)11-4-1-3-10(7-11)9-19-13(20)8-12-5-2-6-18-12/h1,3-4,7,12,18H,2,5-6,8-9H2,(H,19,20). The van der Waals surface area contributed by atoms with Crippen molar-refractivity contribution in [1.29, 1.82) is 0 Å². The summed E-state index contributed by atoms with van der Waals surface area (Å²) in [5.74, 6) is -0.137. The summed E-state index contributed by atoms with van der Waals surface area (Å²) in [6.07, 6.45) is -1.95. The Morgan fingerprint density at radius 1 is 1.40 bits per heavy atom. The van der Waals surface area contributed by atoms with Gasteiger partial charge in [-0.3, -0.25) is 4.79 Å². The summed E-state index contributed by atoms with van der Waals surface area (Å²) in [5.41, 5.74) is -0.241. The molecule has 0 saturated carbocycles. The van der Waals surface area contributed by atoms with Crippen LogP contribution in [-0.4, -0.2) is 18.5 Å². The van der Waals surface area contributed by atoms with E-state index in [1.165, 1.54) is 6.07 Å². The first-order chi connectivity index (χ1) is 9.45. The zero-order valence-electron chi connectivity index (χ0n) is 11.0. The highest BCUT2D eigenvalue weighted by atomic mass is 19.4. The molecule has 1 heterocycles. The molecule has 0 aliphatic carbocycles. The Morgan fingerprint density at radius 2 is 2.20 bits per heavy atom. The van der Waals surface area contributed by atoms with Crippen molar-refractivity contribution in [2.45, 2.75) is 38.0 Å². The minimum Gasteiger partial charge on any atom is -0.352 e. The Labute approximate surface area is 115 Å². The van der Waals surface area contributed by atoms with Gasteiger partial charge in [-0.1, -0.05) is 12.1 Å². The zero-order chi connectivity index (χ0) is 14.6. The molecule has 1 saturated heterocycles. The SMILES string of the molecule is O=C(CC1CCCN1)NCc1cccc(C(F)(F)F)c1. The summed E-state index contributed by atoms with van der Waals surface area (Å²) in [5, 5.41) is 5.86. The van der Waals surface area contributed by atoms with Gasteiger partial charge in [0.05, 0.1) is 5.56 Å². The maximum atomic E-state index is 12.5. The van der Waals surface area contributed by atoms with Crippen LogP contribution in [0.25, 0.3) is 0 Å². The zero-order valence-corrected chi connectivity index (χ0v) is 11.0. The topological polar surface area (TPSA) is 41.1 Å². The summed E-state index contributed by atoms with van der Waals surface area (Å²) >= 11 is 0. The molecule has 6 heteroatoms. The van der Waals surface area contributed by atoms with E-state index in [0.717, 1.165) is 31.5 Å². The lowest BCUT2D eigenvalue weighted by Gasteiger charge is -2.12. The third-order valence-corrected chi connectivity index (χ3v) is 3.34. The first-order valence-electron chi connectivity index (χ1n) is 6.61. The largest absolute Gasteiger partial charge is 0.416 e. The highest BCUT2D eigenvalue weighted by Gasteiger charge is 2.30. The molecule has 1 aromatic rings. The number of halogens is 3. The quantitative estimate of drug-likeness (QED) is 0.892. The highest BCUT2D eigenvalue weighted by Crippen LogP contribution is 2.29. The molecule has 20 heavy (non-hydrogen) atoms. The predicted octanol–water partition coefficient (Wildman–Crippen LogP) is 2.46. The van der Waals surface area contributed by atoms with E-state index in [1.54, 1.807) is 6.07 Å². The second-order valence-corrected chi connectivity index (χ2v) is 4.97.